The van der Waals surface area contributed by atoms with Gasteiger partial charge in [0.15, 0.2) is 0 Å². The molecule has 0 N–H and O–H groups in total. The average molecular weight is 485 g/mol. The molecule has 4 nitrogen and oxygen atoms in total. The van der Waals surface area contributed by atoms with Gasteiger partial charge in [-0.25, -0.2) is 8.78 Å². The number of nitrogens with zero attached hydrogens (tertiary/aromatic N) is 2. The van der Waals surface area contributed by atoms with Crippen molar-refractivity contribution in [2.75, 3.05) is 32.7 Å². The zero-order valence-corrected chi connectivity index (χ0v) is 19.8. The van der Waals surface area contributed by atoms with Crippen molar-refractivity contribution in [1.82, 2.24) is 9.80 Å². The second kappa shape index (κ2) is 11.1. The van der Waals surface area contributed by atoms with E-state index in [4.69, 9.17) is 16.3 Å². The third-order valence-corrected chi connectivity index (χ3v) is 6.22. The molecule has 1 aliphatic heterocycles. The number of hydrogen-bond acceptors (Lipinski definition) is 3. The van der Waals surface area contributed by atoms with Crippen LogP contribution >= 0.6 is 11.6 Å². The molecule has 0 aliphatic carbocycles. The molecule has 0 saturated carbocycles. The summed E-state index contributed by atoms with van der Waals surface area (Å²) in [7, 11) is 0. The molecule has 4 rings (SSSR count). The van der Waals surface area contributed by atoms with E-state index in [1.54, 1.807) is 4.90 Å². The van der Waals surface area contributed by atoms with Gasteiger partial charge in [0.2, 0.25) is 0 Å². The van der Waals surface area contributed by atoms with Gasteiger partial charge in [-0.15, -0.1) is 0 Å². The van der Waals surface area contributed by atoms with E-state index in [1.165, 1.54) is 5.56 Å². The molecule has 0 aromatic heterocycles. The van der Waals surface area contributed by atoms with Crippen molar-refractivity contribution in [3.8, 4) is 0 Å². The smallest absolute Gasteiger partial charge is 0.254 e. The molecule has 178 valence electrons. The maximum Gasteiger partial charge on any atom is 0.254 e. The number of halogens is 3. The minimum absolute atomic E-state index is 0.0338. The van der Waals surface area contributed by atoms with Crippen LogP contribution < -0.4 is 0 Å². The molecule has 7 heteroatoms. The van der Waals surface area contributed by atoms with Crippen molar-refractivity contribution < 1.29 is 18.3 Å². The quantitative estimate of drug-likeness (QED) is 0.435. The van der Waals surface area contributed by atoms with E-state index in [-0.39, 0.29) is 17.6 Å². The van der Waals surface area contributed by atoms with Gasteiger partial charge in [-0.3, -0.25) is 9.69 Å². The molecule has 34 heavy (non-hydrogen) atoms. The monoisotopic (exact) mass is 484 g/mol. The van der Waals surface area contributed by atoms with Gasteiger partial charge in [0, 0.05) is 49.4 Å². The van der Waals surface area contributed by atoms with Crippen LogP contribution in [0.5, 0.6) is 0 Å². The van der Waals surface area contributed by atoms with Crippen LogP contribution in [0.2, 0.25) is 5.02 Å². The molecule has 0 unspecified atom stereocenters. The average Bonchev–Trinajstić information content (AvgIpc) is 2.82. The molecule has 1 aliphatic rings. The van der Waals surface area contributed by atoms with E-state index >= 15 is 0 Å². The van der Waals surface area contributed by atoms with E-state index < -0.39 is 11.6 Å². The molecule has 1 heterocycles. The largest absolute Gasteiger partial charge is 0.368 e. The molecule has 1 fully saturated rings. The number of benzene rings is 3. The second-order valence-corrected chi connectivity index (χ2v) is 9.03. The molecule has 3 aromatic rings. The van der Waals surface area contributed by atoms with Crippen molar-refractivity contribution >= 4 is 17.5 Å². The summed E-state index contributed by atoms with van der Waals surface area (Å²) >= 11 is 6.08. The summed E-state index contributed by atoms with van der Waals surface area (Å²) in [6.45, 7) is 5.43. The molecule has 1 amide bonds. The first-order valence-corrected chi connectivity index (χ1v) is 11.7. The predicted octanol–water partition coefficient (Wildman–Crippen LogP) is 5.64. The first kappa shape index (κ1) is 24.3. The number of rotatable bonds is 7. The van der Waals surface area contributed by atoms with Gasteiger partial charge in [0.05, 0.1) is 12.7 Å². The fourth-order valence-electron chi connectivity index (χ4n) is 4.16. The van der Waals surface area contributed by atoms with E-state index in [2.05, 4.69) is 24.0 Å². The SMILES string of the molecule is Cc1cccc(CO[C@H](CN2CCN(C(=O)c3cc(F)cc(F)c3)CC2)c2ccc(Cl)cc2)c1. The van der Waals surface area contributed by atoms with Crippen molar-refractivity contribution in [2.24, 2.45) is 0 Å². The summed E-state index contributed by atoms with van der Waals surface area (Å²) in [6.07, 6.45) is -0.169. The molecular weight excluding hydrogens is 458 g/mol. The predicted molar refractivity (Wildman–Crippen MR) is 129 cm³/mol. The molecule has 0 radical (unpaired) electrons. The van der Waals surface area contributed by atoms with Crippen molar-refractivity contribution in [3.05, 3.63) is 106 Å². The highest BCUT2D eigenvalue weighted by molar-refractivity contribution is 6.30. The van der Waals surface area contributed by atoms with E-state index in [9.17, 15) is 13.6 Å². The number of carbonyl (C=O) groups excluding carboxylic acids is 1. The Morgan fingerprint density at radius 3 is 2.29 bits per heavy atom. The van der Waals surface area contributed by atoms with Crippen LogP contribution in [0.1, 0.15) is 33.2 Å². The summed E-state index contributed by atoms with van der Waals surface area (Å²) in [6, 6.07) is 18.8. The lowest BCUT2D eigenvalue weighted by Crippen LogP contribution is -2.49. The van der Waals surface area contributed by atoms with Gasteiger partial charge in [0.25, 0.3) is 5.91 Å². The highest BCUT2D eigenvalue weighted by Gasteiger charge is 2.25. The summed E-state index contributed by atoms with van der Waals surface area (Å²) in [5.41, 5.74) is 3.36. The Labute approximate surface area is 203 Å². The number of piperazine rings is 1. The third-order valence-electron chi connectivity index (χ3n) is 5.97. The highest BCUT2D eigenvalue weighted by atomic mass is 35.5. The molecule has 0 spiro atoms. The topological polar surface area (TPSA) is 32.8 Å². The first-order valence-electron chi connectivity index (χ1n) is 11.3. The van der Waals surface area contributed by atoms with Crippen LogP contribution in [-0.2, 0) is 11.3 Å². The Balaban J connectivity index is 1.39. The lowest BCUT2D eigenvalue weighted by atomic mass is 10.1. The summed E-state index contributed by atoms with van der Waals surface area (Å²) in [5.74, 6) is -1.86. The Bertz CT molecular complexity index is 1110. The van der Waals surface area contributed by atoms with Crippen LogP contribution in [0, 0.1) is 18.6 Å². The maximum absolute atomic E-state index is 13.5. The molecule has 1 saturated heterocycles. The molecule has 1 atom stereocenters. The van der Waals surface area contributed by atoms with Gasteiger partial charge in [-0.1, -0.05) is 53.6 Å². The Hall–Kier alpha value is -2.80. The first-order chi connectivity index (χ1) is 16.4. The number of carbonyl (C=O) groups is 1. The van der Waals surface area contributed by atoms with Gasteiger partial charge in [-0.05, 0) is 42.3 Å². The van der Waals surface area contributed by atoms with Crippen molar-refractivity contribution in [2.45, 2.75) is 19.6 Å². The Morgan fingerprint density at radius 2 is 1.65 bits per heavy atom. The molecule has 0 bridgehead atoms. The standard InChI is InChI=1S/C27H27ClF2N2O2/c1-19-3-2-4-20(13-19)18-34-26(21-5-7-23(28)8-6-21)17-31-9-11-32(12-10-31)27(33)22-14-24(29)16-25(30)15-22/h2-8,13-16,26H,9-12,17-18H2,1H3/t26-/m1/s1. The molecule has 3 aromatic carbocycles. The van der Waals surface area contributed by atoms with Crippen LogP contribution in [0.3, 0.4) is 0 Å². The van der Waals surface area contributed by atoms with Gasteiger partial charge in [0.1, 0.15) is 11.6 Å². The summed E-state index contributed by atoms with van der Waals surface area (Å²) < 4.78 is 33.4. The summed E-state index contributed by atoms with van der Waals surface area (Å²) in [4.78, 5) is 16.6. The van der Waals surface area contributed by atoms with Gasteiger partial charge in [-0.2, -0.15) is 0 Å². The number of ether oxygens (including phenoxy) is 1. The van der Waals surface area contributed by atoms with Gasteiger partial charge < -0.3 is 9.64 Å². The van der Waals surface area contributed by atoms with E-state index in [1.807, 2.05) is 36.4 Å². The lowest BCUT2D eigenvalue weighted by Gasteiger charge is -2.36. The lowest BCUT2D eigenvalue weighted by molar-refractivity contribution is 0.00340. The Morgan fingerprint density at radius 1 is 0.971 bits per heavy atom. The Kier molecular flexibility index (Phi) is 7.93. The van der Waals surface area contributed by atoms with E-state index in [0.29, 0.717) is 44.4 Å². The summed E-state index contributed by atoms with van der Waals surface area (Å²) in [5, 5.41) is 0.669. The number of amides is 1. The number of aryl methyl sites for hydroxylation is 1. The minimum atomic E-state index is -0.751. The van der Waals surface area contributed by atoms with Crippen LogP contribution in [0.4, 0.5) is 8.78 Å². The normalized spacial score (nSPS) is 15.4. The zero-order valence-electron chi connectivity index (χ0n) is 19.0. The van der Waals surface area contributed by atoms with Crippen molar-refractivity contribution in [1.29, 1.82) is 0 Å². The third kappa shape index (κ3) is 6.41. The van der Waals surface area contributed by atoms with Gasteiger partial charge >= 0.3 is 0 Å². The zero-order chi connectivity index (χ0) is 24.1. The number of hydrogen-bond donors (Lipinski definition) is 0. The fourth-order valence-corrected chi connectivity index (χ4v) is 4.28. The maximum atomic E-state index is 13.5. The van der Waals surface area contributed by atoms with Crippen LogP contribution in [-0.4, -0.2) is 48.4 Å². The van der Waals surface area contributed by atoms with Crippen molar-refractivity contribution in [3.63, 3.8) is 0 Å². The molecular formula is C27H27ClF2N2O2. The van der Waals surface area contributed by atoms with E-state index in [0.717, 1.165) is 29.3 Å². The van der Waals surface area contributed by atoms with Crippen LogP contribution in [0.15, 0.2) is 66.7 Å². The minimum Gasteiger partial charge on any atom is -0.368 e. The second-order valence-electron chi connectivity index (χ2n) is 8.59. The fraction of sp³-hybridized carbons (Fsp3) is 0.296. The highest BCUT2D eigenvalue weighted by Crippen LogP contribution is 2.24. The van der Waals surface area contributed by atoms with Crippen LogP contribution in [0.25, 0.3) is 0 Å².